The molecule has 2 atom stereocenters. The number of hydrogen-bond donors (Lipinski definition) is 2. The maximum Gasteiger partial charge on any atom is 1.00 e. The molecule has 1 aliphatic rings. The van der Waals surface area contributed by atoms with Crippen LogP contribution >= 0.6 is 0 Å². The quantitative estimate of drug-likeness (QED) is 0.0731. The number of allylic oxidation sites excluding steroid dienone is 2. The Labute approximate surface area is 234 Å². The molecule has 0 saturated carbocycles. The fourth-order valence-electron chi connectivity index (χ4n) is 4.62. The van der Waals surface area contributed by atoms with E-state index < -0.39 is 22.0 Å². The number of rotatable bonds is 21. The molecule has 2 N–H and O–H groups in total. The number of quaternary nitrogens is 1. The summed E-state index contributed by atoms with van der Waals surface area (Å²) < 4.78 is 32.9. The molecule has 0 amide bonds. The van der Waals surface area contributed by atoms with Crippen molar-refractivity contribution in [1.29, 1.82) is 0 Å². The van der Waals surface area contributed by atoms with Gasteiger partial charge in [0.2, 0.25) is 5.78 Å². The zero-order chi connectivity index (χ0) is 25.3. The van der Waals surface area contributed by atoms with E-state index in [0.29, 0.717) is 19.5 Å². The largest absolute Gasteiger partial charge is 1.00 e. The molecule has 1 rings (SSSR count). The minimum Gasteiger partial charge on any atom is -0.748 e. The number of unbranched alkanes of at least 4 members (excludes halogenated alkanes) is 10. The van der Waals surface area contributed by atoms with Crippen molar-refractivity contribution in [3.05, 3.63) is 12.2 Å². The van der Waals surface area contributed by atoms with E-state index in [1.165, 1.54) is 51.4 Å². The Hall–Kier alpha value is -0.130. The van der Waals surface area contributed by atoms with Gasteiger partial charge in [-0.3, -0.25) is 9.28 Å². The van der Waals surface area contributed by atoms with Crippen molar-refractivity contribution in [3.63, 3.8) is 0 Å². The standard InChI is InChI=1S/C25H46N2O6S.Na/c1-2-3-4-5-6-7-8-9-10-11-12-13-14-15-16-24(30)25-26-17-18-27(25,19-20-28)21-23(29)22-34(31,32)33;/h11-12,23,28-29H,2-10,13-22H2,1H3;/q;+1/b12-11+;. The third-order valence-electron chi connectivity index (χ3n) is 6.39. The number of aliphatic hydroxyl groups excluding tert-OH is 2. The van der Waals surface area contributed by atoms with Gasteiger partial charge < -0.3 is 14.8 Å². The van der Waals surface area contributed by atoms with Crippen LogP contribution in [0.2, 0.25) is 0 Å². The van der Waals surface area contributed by atoms with Gasteiger partial charge >= 0.3 is 29.6 Å². The normalized spacial score (nSPS) is 19.0. The monoisotopic (exact) mass is 525 g/mol. The van der Waals surface area contributed by atoms with E-state index in [9.17, 15) is 28.0 Å². The average molecular weight is 526 g/mol. The van der Waals surface area contributed by atoms with Gasteiger partial charge in [0.05, 0.1) is 29.0 Å². The molecule has 35 heavy (non-hydrogen) atoms. The second-order valence-corrected chi connectivity index (χ2v) is 10.9. The van der Waals surface area contributed by atoms with Crippen LogP contribution in [-0.2, 0) is 14.9 Å². The van der Waals surface area contributed by atoms with Crippen LogP contribution in [0.4, 0.5) is 0 Å². The molecule has 0 saturated heterocycles. The molecular weight excluding hydrogens is 479 g/mol. The van der Waals surface area contributed by atoms with Gasteiger partial charge in [-0.25, -0.2) is 13.4 Å². The average Bonchev–Trinajstić information content (AvgIpc) is 3.15. The summed E-state index contributed by atoms with van der Waals surface area (Å²) >= 11 is 0. The van der Waals surface area contributed by atoms with Crippen LogP contribution in [-0.4, -0.2) is 83.9 Å². The van der Waals surface area contributed by atoms with Crippen LogP contribution in [0.25, 0.3) is 0 Å². The fraction of sp³-hybridized carbons (Fsp3) is 0.840. The molecule has 0 fully saturated rings. The molecule has 0 aromatic rings. The number of aliphatic hydroxyl groups is 2. The number of carbonyl (C=O) groups excluding carboxylic acids is 1. The van der Waals surface area contributed by atoms with Crippen LogP contribution < -0.4 is 29.6 Å². The molecule has 0 bridgehead atoms. The van der Waals surface area contributed by atoms with E-state index in [0.717, 1.165) is 25.7 Å². The Morgan fingerprint density at radius 1 is 1.06 bits per heavy atom. The van der Waals surface area contributed by atoms with E-state index in [4.69, 9.17) is 0 Å². The second kappa shape index (κ2) is 19.9. The van der Waals surface area contributed by atoms with Gasteiger partial charge in [-0.05, 0) is 32.1 Å². The maximum atomic E-state index is 12.8. The first-order valence-corrected chi connectivity index (χ1v) is 14.6. The zero-order valence-electron chi connectivity index (χ0n) is 22.0. The molecule has 198 valence electrons. The molecule has 1 aliphatic heterocycles. The first-order valence-electron chi connectivity index (χ1n) is 13.1. The first-order chi connectivity index (χ1) is 16.2. The summed E-state index contributed by atoms with van der Waals surface area (Å²) in [7, 11) is -4.59. The van der Waals surface area contributed by atoms with Crippen molar-refractivity contribution in [3.8, 4) is 0 Å². The predicted molar refractivity (Wildman–Crippen MR) is 135 cm³/mol. The van der Waals surface area contributed by atoms with Crippen molar-refractivity contribution in [2.45, 2.75) is 96.5 Å². The number of aliphatic imine (C=N–C) groups is 1. The minimum atomic E-state index is -4.59. The molecule has 8 nitrogen and oxygen atoms in total. The second-order valence-electron chi connectivity index (χ2n) is 9.49. The van der Waals surface area contributed by atoms with Crippen LogP contribution in [0.1, 0.15) is 90.4 Å². The number of ketones is 1. The van der Waals surface area contributed by atoms with E-state index in [1.54, 1.807) is 0 Å². The van der Waals surface area contributed by atoms with Gasteiger partial charge in [0.15, 0.2) is 0 Å². The third-order valence-corrected chi connectivity index (χ3v) is 7.18. The Kier molecular flexibility index (Phi) is 19.8. The molecule has 0 aromatic carbocycles. The van der Waals surface area contributed by atoms with Crippen molar-refractivity contribution in [2.75, 3.05) is 38.5 Å². The molecule has 0 spiro atoms. The Balaban J connectivity index is 0.0000116. The topological polar surface area (TPSA) is 127 Å². The van der Waals surface area contributed by atoms with Crippen molar-refractivity contribution >= 4 is 21.7 Å². The summed E-state index contributed by atoms with van der Waals surface area (Å²) in [6, 6.07) is 0. The molecule has 0 radical (unpaired) electrons. The summed E-state index contributed by atoms with van der Waals surface area (Å²) in [5.74, 6) is -0.766. The van der Waals surface area contributed by atoms with Crippen molar-refractivity contribution in [1.82, 2.24) is 0 Å². The van der Waals surface area contributed by atoms with E-state index in [2.05, 4.69) is 24.1 Å². The van der Waals surface area contributed by atoms with E-state index in [-0.39, 0.29) is 65.4 Å². The van der Waals surface area contributed by atoms with Gasteiger partial charge in [-0.1, -0.05) is 64.0 Å². The molecular formula is C25H46N2NaO6S+. The predicted octanol–water partition coefficient (Wildman–Crippen LogP) is 0.334. The van der Waals surface area contributed by atoms with E-state index >= 15 is 0 Å². The Morgan fingerprint density at radius 2 is 1.63 bits per heavy atom. The van der Waals surface area contributed by atoms with Crippen molar-refractivity contribution in [2.24, 2.45) is 4.99 Å². The molecule has 0 aromatic heterocycles. The van der Waals surface area contributed by atoms with Crippen LogP contribution in [0.15, 0.2) is 17.1 Å². The molecule has 2 unspecified atom stereocenters. The SMILES string of the molecule is CCCCCCCCCC/C=C/CCCCC(=O)C1=NCC[N+]1(CCO)CC(O)CS(=O)(=O)[O-].[Na+]. The Bertz CT molecular complexity index is 744. The van der Waals surface area contributed by atoms with Gasteiger partial charge in [0.1, 0.15) is 25.7 Å². The number of carbonyl (C=O) groups is 1. The van der Waals surface area contributed by atoms with Crippen LogP contribution in [0.3, 0.4) is 0 Å². The Morgan fingerprint density at radius 3 is 2.20 bits per heavy atom. The van der Waals surface area contributed by atoms with Gasteiger partial charge in [0, 0.05) is 6.42 Å². The van der Waals surface area contributed by atoms with Gasteiger partial charge in [0.25, 0.3) is 5.84 Å². The van der Waals surface area contributed by atoms with E-state index in [1.807, 2.05) is 0 Å². The first kappa shape index (κ1) is 34.9. The fourth-order valence-corrected chi connectivity index (χ4v) is 5.19. The number of nitrogens with zero attached hydrogens (tertiary/aromatic N) is 2. The number of hydrogen-bond acceptors (Lipinski definition) is 7. The number of Topliss-reactive ketones (excluding diaryl/α,β-unsaturated/α-hetero) is 1. The summed E-state index contributed by atoms with van der Waals surface area (Å²) in [6.45, 7) is 2.82. The summed E-state index contributed by atoms with van der Waals surface area (Å²) in [6.07, 6.45) is 17.5. The molecule has 0 aliphatic carbocycles. The number of amidine groups is 1. The third kappa shape index (κ3) is 15.7. The maximum absolute atomic E-state index is 12.8. The van der Waals surface area contributed by atoms with Gasteiger partial charge in [-0.2, -0.15) is 0 Å². The molecule has 10 heteroatoms. The summed E-state index contributed by atoms with van der Waals surface area (Å²) in [5, 5.41) is 19.6. The zero-order valence-corrected chi connectivity index (χ0v) is 24.8. The summed E-state index contributed by atoms with van der Waals surface area (Å²) in [5.41, 5.74) is 0. The smallest absolute Gasteiger partial charge is 0.748 e. The van der Waals surface area contributed by atoms with Crippen molar-refractivity contribution < 1.29 is 62.0 Å². The van der Waals surface area contributed by atoms with Crippen LogP contribution in [0.5, 0.6) is 0 Å². The summed E-state index contributed by atoms with van der Waals surface area (Å²) in [4.78, 5) is 17.1. The minimum absolute atomic E-state index is 0. The van der Waals surface area contributed by atoms with Gasteiger partial charge in [-0.15, -0.1) is 0 Å². The molecule has 1 heterocycles. The van der Waals surface area contributed by atoms with Crippen LogP contribution in [0, 0.1) is 0 Å².